The fourth-order valence-electron chi connectivity index (χ4n) is 2.67. The van der Waals surface area contributed by atoms with Crippen LogP contribution in [0.2, 0.25) is 0 Å². The highest BCUT2D eigenvalue weighted by Crippen LogP contribution is 2.26. The van der Waals surface area contributed by atoms with Gasteiger partial charge in [0.1, 0.15) is 5.75 Å². The van der Waals surface area contributed by atoms with Crippen molar-refractivity contribution in [2.24, 2.45) is 0 Å². The maximum absolute atomic E-state index is 9.86. The van der Waals surface area contributed by atoms with Gasteiger partial charge in [-0.3, -0.25) is 0 Å². The predicted molar refractivity (Wildman–Crippen MR) is 83.4 cm³/mol. The molecule has 3 N–H and O–H groups in total. The first-order chi connectivity index (χ1) is 9.96. The van der Waals surface area contributed by atoms with Gasteiger partial charge in [0, 0.05) is 5.56 Å². The van der Waals surface area contributed by atoms with Crippen LogP contribution in [0.15, 0.2) is 24.3 Å². The van der Waals surface area contributed by atoms with Crippen LogP contribution in [0.1, 0.15) is 38.9 Å². The van der Waals surface area contributed by atoms with E-state index in [4.69, 9.17) is 0 Å². The number of aromatic hydroxyl groups is 1. The quantitative estimate of drug-likeness (QED) is 0.810. The topological polar surface area (TPSA) is 60.7 Å². The van der Waals surface area contributed by atoms with E-state index in [0.29, 0.717) is 12.0 Å². The molecule has 0 aliphatic rings. The Morgan fingerprint density at radius 1 is 0.762 bits per heavy atom. The molecule has 0 aliphatic heterocycles. The smallest absolute Gasteiger partial charge is 0.124 e. The Balaban J connectivity index is 2.38. The van der Waals surface area contributed by atoms with E-state index in [0.717, 1.165) is 33.4 Å². The number of rotatable bonds is 4. The van der Waals surface area contributed by atoms with E-state index in [2.05, 4.69) is 6.07 Å². The highest BCUT2D eigenvalue weighted by molar-refractivity contribution is 5.45. The normalized spacial score (nSPS) is 10.9. The van der Waals surface area contributed by atoms with Crippen molar-refractivity contribution in [2.45, 2.75) is 40.4 Å². The molecule has 2 aromatic carbocycles. The molecule has 0 bridgehead atoms. The van der Waals surface area contributed by atoms with Gasteiger partial charge in [0.25, 0.3) is 0 Å². The van der Waals surface area contributed by atoms with E-state index >= 15 is 0 Å². The summed E-state index contributed by atoms with van der Waals surface area (Å²) < 4.78 is 0. The lowest BCUT2D eigenvalue weighted by molar-refractivity contribution is 0.275. The first-order valence-corrected chi connectivity index (χ1v) is 7.08. The van der Waals surface area contributed by atoms with E-state index in [1.807, 2.05) is 39.0 Å². The number of hydrogen-bond donors (Lipinski definition) is 3. The van der Waals surface area contributed by atoms with Gasteiger partial charge in [-0.1, -0.05) is 18.2 Å². The van der Waals surface area contributed by atoms with Crippen molar-refractivity contribution in [2.75, 3.05) is 0 Å². The number of aliphatic hydroxyl groups excluding tert-OH is 2. The average molecular weight is 286 g/mol. The Kier molecular flexibility index (Phi) is 4.66. The van der Waals surface area contributed by atoms with Gasteiger partial charge in [-0.2, -0.15) is 0 Å². The van der Waals surface area contributed by atoms with Crippen molar-refractivity contribution < 1.29 is 15.3 Å². The molecule has 3 nitrogen and oxygen atoms in total. The molecule has 0 atom stereocenters. The number of hydrogen-bond acceptors (Lipinski definition) is 3. The molecular weight excluding hydrogens is 264 g/mol. The Labute approximate surface area is 125 Å². The second-order valence-corrected chi connectivity index (χ2v) is 5.61. The van der Waals surface area contributed by atoms with Crippen LogP contribution in [0.25, 0.3) is 0 Å². The Hall–Kier alpha value is -1.84. The van der Waals surface area contributed by atoms with E-state index < -0.39 is 0 Å². The predicted octanol–water partition coefficient (Wildman–Crippen LogP) is 2.89. The van der Waals surface area contributed by atoms with Crippen LogP contribution >= 0.6 is 0 Å². The third-order valence-electron chi connectivity index (χ3n) is 4.02. The molecule has 0 heterocycles. The summed E-state index contributed by atoms with van der Waals surface area (Å²) in [5.74, 6) is 0.164. The van der Waals surface area contributed by atoms with Crippen molar-refractivity contribution in [3.8, 4) is 5.75 Å². The van der Waals surface area contributed by atoms with Gasteiger partial charge in [-0.05, 0) is 66.6 Å². The lowest BCUT2D eigenvalue weighted by Gasteiger charge is -2.13. The van der Waals surface area contributed by atoms with E-state index in [-0.39, 0.29) is 19.0 Å². The summed E-state index contributed by atoms with van der Waals surface area (Å²) in [5.41, 5.74) is 6.72. The zero-order valence-electron chi connectivity index (χ0n) is 12.8. The number of benzene rings is 2. The lowest BCUT2D eigenvalue weighted by Crippen LogP contribution is -1.98. The molecule has 21 heavy (non-hydrogen) atoms. The van der Waals surface area contributed by atoms with Crippen LogP contribution in [0, 0.1) is 20.8 Å². The molecule has 112 valence electrons. The standard InChI is InChI=1S/C18H22O3/c1-11-4-14(7-16(9-19)13(11)3)6-15-5-12(2)18(21)17(8-15)10-20/h4-5,7-8,19-21H,6,9-10H2,1-3H3. The fraction of sp³-hybridized carbons (Fsp3) is 0.333. The molecule has 0 saturated carbocycles. The molecule has 2 rings (SSSR count). The van der Waals surface area contributed by atoms with E-state index in [1.165, 1.54) is 0 Å². The highest BCUT2D eigenvalue weighted by atomic mass is 16.3. The van der Waals surface area contributed by atoms with Gasteiger partial charge in [-0.15, -0.1) is 0 Å². The van der Waals surface area contributed by atoms with Gasteiger partial charge in [0.15, 0.2) is 0 Å². The van der Waals surface area contributed by atoms with Crippen LogP contribution in [0.5, 0.6) is 5.75 Å². The number of aryl methyl sites for hydroxylation is 2. The maximum Gasteiger partial charge on any atom is 0.124 e. The molecule has 0 aromatic heterocycles. The van der Waals surface area contributed by atoms with Crippen LogP contribution in [0.4, 0.5) is 0 Å². The third kappa shape index (κ3) is 3.26. The summed E-state index contributed by atoms with van der Waals surface area (Å²) in [6, 6.07) is 7.90. The summed E-state index contributed by atoms with van der Waals surface area (Å²) in [6.45, 7) is 5.75. The summed E-state index contributed by atoms with van der Waals surface area (Å²) in [6.07, 6.45) is 0.711. The minimum atomic E-state index is -0.171. The fourth-order valence-corrected chi connectivity index (χ4v) is 2.67. The molecule has 0 aliphatic carbocycles. The van der Waals surface area contributed by atoms with Crippen molar-refractivity contribution in [3.05, 3.63) is 63.2 Å². The van der Waals surface area contributed by atoms with Crippen LogP contribution in [0.3, 0.4) is 0 Å². The average Bonchev–Trinajstić information content (AvgIpc) is 2.46. The van der Waals surface area contributed by atoms with Crippen molar-refractivity contribution in [3.63, 3.8) is 0 Å². The summed E-state index contributed by atoms with van der Waals surface area (Å²) in [7, 11) is 0. The second kappa shape index (κ2) is 6.29. The molecule has 0 spiro atoms. The Bertz CT molecular complexity index is 602. The largest absolute Gasteiger partial charge is 0.507 e. The summed E-state index contributed by atoms with van der Waals surface area (Å²) >= 11 is 0. The molecular formula is C18H22O3. The van der Waals surface area contributed by atoms with Gasteiger partial charge < -0.3 is 15.3 Å². The van der Waals surface area contributed by atoms with Crippen LogP contribution in [-0.4, -0.2) is 15.3 Å². The molecule has 2 aromatic rings. The summed E-state index contributed by atoms with van der Waals surface area (Å²) in [4.78, 5) is 0. The van der Waals surface area contributed by atoms with E-state index in [9.17, 15) is 15.3 Å². The Morgan fingerprint density at radius 3 is 1.86 bits per heavy atom. The zero-order valence-corrected chi connectivity index (χ0v) is 12.8. The monoisotopic (exact) mass is 286 g/mol. The molecule has 0 unspecified atom stereocenters. The molecule has 3 heteroatoms. The van der Waals surface area contributed by atoms with Gasteiger partial charge in [0.05, 0.1) is 13.2 Å². The first kappa shape index (κ1) is 15.5. The van der Waals surface area contributed by atoms with E-state index in [1.54, 1.807) is 0 Å². The molecule has 0 radical (unpaired) electrons. The van der Waals surface area contributed by atoms with Crippen LogP contribution < -0.4 is 0 Å². The SMILES string of the molecule is Cc1cc(Cc2cc(C)c(O)c(CO)c2)cc(CO)c1C. The highest BCUT2D eigenvalue weighted by Gasteiger charge is 2.09. The van der Waals surface area contributed by atoms with Crippen molar-refractivity contribution in [1.82, 2.24) is 0 Å². The minimum Gasteiger partial charge on any atom is -0.507 e. The Morgan fingerprint density at radius 2 is 1.29 bits per heavy atom. The van der Waals surface area contributed by atoms with Gasteiger partial charge in [-0.25, -0.2) is 0 Å². The second-order valence-electron chi connectivity index (χ2n) is 5.61. The summed E-state index contributed by atoms with van der Waals surface area (Å²) in [5, 5.41) is 28.6. The molecule has 0 amide bonds. The van der Waals surface area contributed by atoms with Crippen LogP contribution in [-0.2, 0) is 19.6 Å². The molecule has 0 fully saturated rings. The third-order valence-corrected chi connectivity index (χ3v) is 4.02. The van der Waals surface area contributed by atoms with Gasteiger partial charge >= 0.3 is 0 Å². The van der Waals surface area contributed by atoms with Crippen molar-refractivity contribution >= 4 is 0 Å². The van der Waals surface area contributed by atoms with Crippen molar-refractivity contribution in [1.29, 1.82) is 0 Å². The number of phenols is 1. The first-order valence-electron chi connectivity index (χ1n) is 7.08. The van der Waals surface area contributed by atoms with Gasteiger partial charge in [0.2, 0.25) is 0 Å². The lowest BCUT2D eigenvalue weighted by atomic mass is 9.94. The maximum atomic E-state index is 9.86. The molecule has 0 saturated heterocycles. The number of aliphatic hydroxyl groups is 2. The zero-order chi connectivity index (χ0) is 15.6. The minimum absolute atomic E-state index is 0.0387.